The number of hydrogen-bond donors (Lipinski definition) is 1. The smallest absolute Gasteiger partial charge is 0.235 e. The zero-order valence-electron chi connectivity index (χ0n) is 9.10. The highest BCUT2D eigenvalue weighted by Gasteiger charge is 2.18. The second kappa shape index (κ2) is 5.55. The van der Waals surface area contributed by atoms with Crippen LogP contribution in [0.5, 0.6) is 0 Å². The summed E-state index contributed by atoms with van der Waals surface area (Å²) in [7, 11) is 0. The van der Waals surface area contributed by atoms with Crippen LogP contribution < -0.4 is 5.32 Å². The Kier molecular flexibility index (Phi) is 3.83. The molecule has 1 amide bonds. The standard InChI is InChI=1S/C13H12ClNO2/c14-9-12(16)15-13(11-7-4-8-17-11)10-5-2-1-3-6-10/h1-8,13H,9H2,(H,15,16). The van der Waals surface area contributed by atoms with Gasteiger partial charge in [0.2, 0.25) is 5.91 Å². The van der Waals surface area contributed by atoms with Gasteiger partial charge in [0, 0.05) is 0 Å². The van der Waals surface area contributed by atoms with Gasteiger partial charge in [0.05, 0.1) is 6.26 Å². The lowest BCUT2D eigenvalue weighted by atomic mass is 10.0. The van der Waals surface area contributed by atoms with E-state index in [2.05, 4.69) is 5.32 Å². The van der Waals surface area contributed by atoms with Crippen molar-refractivity contribution in [1.29, 1.82) is 0 Å². The fourth-order valence-electron chi connectivity index (χ4n) is 1.62. The molecule has 1 heterocycles. The van der Waals surface area contributed by atoms with Gasteiger partial charge in [-0.2, -0.15) is 0 Å². The second-order valence-corrected chi connectivity index (χ2v) is 3.83. The summed E-state index contributed by atoms with van der Waals surface area (Å²) >= 11 is 5.50. The third-order valence-corrected chi connectivity index (χ3v) is 2.63. The molecule has 17 heavy (non-hydrogen) atoms. The van der Waals surface area contributed by atoms with E-state index in [-0.39, 0.29) is 17.8 Å². The Hall–Kier alpha value is -1.74. The molecule has 2 aromatic rings. The number of nitrogens with one attached hydrogen (secondary N) is 1. The van der Waals surface area contributed by atoms with Gasteiger partial charge in [0.25, 0.3) is 0 Å². The lowest BCUT2D eigenvalue weighted by molar-refractivity contribution is -0.119. The molecular formula is C13H12ClNO2. The van der Waals surface area contributed by atoms with E-state index in [9.17, 15) is 4.79 Å². The van der Waals surface area contributed by atoms with Gasteiger partial charge in [0.15, 0.2) is 0 Å². The fraction of sp³-hybridized carbons (Fsp3) is 0.154. The highest BCUT2D eigenvalue weighted by molar-refractivity contribution is 6.27. The SMILES string of the molecule is O=C(CCl)NC(c1ccccc1)c1ccco1. The maximum absolute atomic E-state index is 11.4. The highest BCUT2D eigenvalue weighted by Crippen LogP contribution is 2.22. The van der Waals surface area contributed by atoms with E-state index < -0.39 is 0 Å². The third-order valence-electron chi connectivity index (χ3n) is 2.39. The quantitative estimate of drug-likeness (QED) is 0.847. The van der Waals surface area contributed by atoms with E-state index in [0.717, 1.165) is 5.56 Å². The first-order valence-corrected chi connectivity index (χ1v) is 5.78. The van der Waals surface area contributed by atoms with E-state index in [0.29, 0.717) is 5.76 Å². The Morgan fingerprint density at radius 2 is 2.00 bits per heavy atom. The van der Waals surface area contributed by atoms with Gasteiger partial charge in [0.1, 0.15) is 17.7 Å². The molecule has 1 unspecified atom stereocenters. The lowest BCUT2D eigenvalue weighted by Gasteiger charge is -2.16. The van der Waals surface area contributed by atoms with E-state index in [1.807, 2.05) is 36.4 Å². The first-order valence-electron chi connectivity index (χ1n) is 5.25. The summed E-state index contributed by atoms with van der Waals surface area (Å²) < 4.78 is 5.34. The van der Waals surface area contributed by atoms with Crippen molar-refractivity contribution in [2.24, 2.45) is 0 Å². The molecular weight excluding hydrogens is 238 g/mol. The normalized spacial score (nSPS) is 12.1. The first kappa shape index (κ1) is 11.7. The number of carbonyl (C=O) groups is 1. The summed E-state index contributed by atoms with van der Waals surface area (Å²) in [5, 5.41) is 2.82. The molecule has 0 spiro atoms. The van der Waals surface area contributed by atoms with Crippen molar-refractivity contribution < 1.29 is 9.21 Å². The van der Waals surface area contributed by atoms with Crippen molar-refractivity contribution in [1.82, 2.24) is 5.32 Å². The number of halogens is 1. The zero-order chi connectivity index (χ0) is 12.1. The molecule has 1 atom stereocenters. The van der Waals surface area contributed by atoms with Crippen LogP contribution in [0.3, 0.4) is 0 Å². The Labute approximate surface area is 104 Å². The molecule has 0 fully saturated rings. The largest absolute Gasteiger partial charge is 0.467 e. The van der Waals surface area contributed by atoms with Crippen molar-refractivity contribution in [3.63, 3.8) is 0 Å². The summed E-state index contributed by atoms with van der Waals surface area (Å²) in [6.45, 7) is 0. The van der Waals surface area contributed by atoms with Crippen LogP contribution in [0.1, 0.15) is 17.4 Å². The molecule has 0 bridgehead atoms. The molecule has 0 aliphatic carbocycles. The summed E-state index contributed by atoms with van der Waals surface area (Å²) in [5.74, 6) is 0.399. The van der Waals surface area contributed by atoms with Crippen molar-refractivity contribution in [2.45, 2.75) is 6.04 Å². The predicted octanol–water partition coefficient (Wildman–Crippen LogP) is 2.72. The van der Waals surface area contributed by atoms with Gasteiger partial charge in [-0.3, -0.25) is 4.79 Å². The number of hydrogen-bond acceptors (Lipinski definition) is 2. The topological polar surface area (TPSA) is 42.2 Å². The number of carbonyl (C=O) groups excluding carboxylic acids is 1. The molecule has 3 nitrogen and oxygen atoms in total. The van der Waals surface area contributed by atoms with Crippen LogP contribution in [-0.4, -0.2) is 11.8 Å². The van der Waals surface area contributed by atoms with Crippen molar-refractivity contribution in [3.05, 3.63) is 60.1 Å². The second-order valence-electron chi connectivity index (χ2n) is 3.56. The van der Waals surface area contributed by atoms with Gasteiger partial charge in [-0.1, -0.05) is 30.3 Å². The monoisotopic (exact) mass is 249 g/mol. The summed E-state index contributed by atoms with van der Waals surface area (Å²) in [4.78, 5) is 11.4. The van der Waals surface area contributed by atoms with Crippen LogP contribution in [0, 0.1) is 0 Å². The van der Waals surface area contributed by atoms with Crippen molar-refractivity contribution in [3.8, 4) is 0 Å². The van der Waals surface area contributed by atoms with Gasteiger partial charge in [-0.05, 0) is 17.7 Å². The summed E-state index contributed by atoms with van der Waals surface area (Å²) in [6.07, 6.45) is 1.58. The average molecular weight is 250 g/mol. The molecule has 0 saturated heterocycles. The van der Waals surface area contributed by atoms with Crippen molar-refractivity contribution >= 4 is 17.5 Å². The fourth-order valence-corrected chi connectivity index (χ4v) is 1.70. The first-order chi connectivity index (χ1) is 8.31. The Morgan fingerprint density at radius 1 is 1.24 bits per heavy atom. The Bertz CT molecular complexity index is 467. The maximum atomic E-state index is 11.4. The summed E-state index contributed by atoms with van der Waals surface area (Å²) in [6, 6.07) is 12.9. The third kappa shape index (κ3) is 2.88. The molecule has 0 aliphatic rings. The van der Waals surface area contributed by atoms with E-state index in [1.54, 1.807) is 12.3 Å². The number of rotatable bonds is 4. The van der Waals surface area contributed by atoms with Crippen LogP contribution in [-0.2, 0) is 4.79 Å². The Morgan fingerprint density at radius 3 is 2.59 bits per heavy atom. The lowest BCUT2D eigenvalue weighted by Crippen LogP contribution is -2.29. The molecule has 0 aliphatic heterocycles. The summed E-state index contributed by atoms with van der Waals surface area (Å²) in [5.41, 5.74) is 0.959. The van der Waals surface area contributed by atoms with E-state index in [4.69, 9.17) is 16.0 Å². The van der Waals surface area contributed by atoms with Gasteiger partial charge >= 0.3 is 0 Å². The van der Waals surface area contributed by atoms with E-state index in [1.165, 1.54) is 0 Å². The molecule has 1 N–H and O–H groups in total. The van der Waals surface area contributed by atoms with E-state index >= 15 is 0 Å². The number of benzene rings is 1. The number of alkyl halides is 1. The van der Waals surface area contributed by atoms with Crippen LogP contribution in [0.15, 0.2) is 53.1 Å². The zero-order valence-corrected chi connectivity index (χ0v) is 9.85. The molecule has 0 radical (unpaired) electrons. The minimum absolute atomic E-state index is 0.0654. The number of furan rings is 1. The van der Waals surface area contributed by atoms with Crippen LogP contribution in [0.25, 0.3) is 0 Å². The molecule has 88 valence electrons. The maximum Gasteiger partial charge on any atom is 0.235 e. The van der Waals surface area contributed by atoms with Gasteiger partial charge in [-0.15, -0.1) is 11.6 Å². The average Bonchev–Trinajstić information content (AvgIpc) is 2.90. The van der Waals surface area contributed by atoms with Gasteiger partial charge < -0.3 is 9.73 Å². The number of amides is 1. The minimum Gasteiger partial charge on any atom is -0.467 e. The molecule has 1 aromatic heterocycles. The molecule has 0 saturated carbocycles. The molecule has 4 heteroatoms. The Balaban J connectivity index is 2.28. The molecule has 1 aromatic carbocycles. The van der Waals surface area contributed by atoms with Gasteiger partial charge in [-0.25, -0.2) is 0 Å². The van der Waals surface area contributed by atoms with Crippen LogP contribution >= 0.6 is 11.6 Å². The minimum atomic E-state index is -0.294. The van der Waals surface area contributed by atoms with Crippen molar-refractivity contribution in [2.75, 3.05) is 5.88 Å². The predicted molar refractivity (Wildman–Crippen MR) is 65.9 cm³/mol. The van der Waals surface area contributed by atoms with Crippen LogP contribution in [0.2, 0.25) is 0 Å². The highest BCUT2D eigenvalue weighted by atomic mass is 35.5. The van der Waals surface area contributed by atoms with Crippen LogP contribution in [0.4, 0.5) is 0 Å². The molecule has 2 rings (SSSR count).